The SMILES string of the molecule is CCC(F)(F)CCNC(=O)[C@H](c1ccccc1Cl)N(C(=O)[C@@H]1CCC(=O)N1c1cc(C#N)ccn1)c1cc(F)cc(S(C)(=O)=O)c1. The highest BCUT2D eigenvalue weighted by Crippen LogP contribution is 2.37. The normalized spacial score (nSPS) is 15.7. The number of alkyl halides is 2. The number of nitrogens with zero attached hydrogens (tertiary/aromatic N) is 4. The standard InChI is InChI=1S/C31H29ClF3N5O5S/c1-3-31(34,35)11-13-38-29(42)28(23-6-4-5-7-24(23)32)39(21-15-20(33)16-22(17-21)46(2,44)45)30(43)25-8-9-27(41)40(25)26-14-19(18-36)10-12-37-26/h4-7,10,12,14-17,25,28H,3,8-9,11,13H2,1-2H3,(H,38,42)/t25-,28-/m0/s1. The number of carbonyl (C=O) groups is 3. The van der Waals surface area contributed by atoms with Crippen LogP contribution in [-0.4, -0.2) is 55.9 Å². The summed E-state index contributed by atoms with van der Waals surface area (Å²) >= 11 is 6.49. The molecule has 46 heavy (non-hydrogen) atoms. The summed E-state index contributed by atoms with van der Waals surface area (Å²) in [5.41, 5.74) is -0.210. The monoisotopic (exact) mass is 675 g/mol. The van der Waals surface area contributed by atoms with Crippen LogP contribution in [0.3, 0.4) is 0 Å². The van der Waals surface area contributed by atoms with Crippen molar-refractivity contribution in [2.24, 2.45) is 0 Å². The summed E-state index contributed by atoms with van der Waals surface area (Å²) < 4.78 is 68.1. The van der Waals surface area contributed by atoms with Gasteiger partial charge in [-0.3, -0.25) is 24.2 Å². The topological polar surface area (TPSA) is 141 Å². The molecule has 0 saturated carbocycles. The highest BCUT2D eigenvalue weighted by molar-refractivity contribution is 7.90. The molecule has 1 N–H and O–H groups in total. The molecule has 1 saturated heterocycles. The molecule has 10 nitrogen and oxygen atoms in total. The molecule has 2 heterocycles. The fraction of sp³-hybridized carbons (Fsp3) is 0.323. The maximum atomic E-state index is 15.0. The predicted octanol–water partition coefficient (Wildman–Crippen LogP) is 4.97. The summed E-state index contributed by atoms with van der Waals surface area (Å²) in [5.74, 6) is -6.63. The van der Waals surface area contributed by atoms with Crippen LogP contribution in [0.15, 0.2) is 65.7 Å². The summed E-state index contributed by atoms with van der Waals surface area (Å²) in [4.78, 5) is 47.2. The maximum absolute atomic E-state index is 15.0. The number of anilines is 2. The second kappa shape index (κ2) is 13.9. The number of nitrogens with one attached hydrogen (secondary N) is 1. The Morgan fingerprint density at radius 2 is 1.93 bits per heavy atom. The highest BCUT2D eigenvalue weighted by Gasteiger charge is 2.44. The molecule has 0 spiro atoms. The Balaban J connectivity index is 1.92. The third-order valence-corrected chi connectivity index (χ3v) is 8.87. The molecule has 1 aliphatic heterocycles. The van der Waals surface area contributed by atoms with Crippen molar-refractivity contribution in [3.8, 4) is 6.07 Å². The lowest BCUT2D eigenvalue weighted by Crippen LogP contribution is -2.52. The molecule has 4 rings (SSSR count). The van der Waals surface area contributed by atoms with Gasteiger partial charge in [-0.05, 0) is 42.8 Å². The Bertz CT molecular complexity index is 1820. The Hall–Kier alpha value is -4.48. The number of nitriles is 1. The van der Waals surface area contributed by atoms with Gasteiger partial charge in [-0.15, -0.1) is 0 Å². The van der Waals surface area contributed by atoms with Gasteiger partial charge >= 0.3 is 0 Å². The predicted molar refractivity (Wildman–Crippen MR) is 164 cm³/mol. The van der Waals surface area contributed by atoms with Crippen LogP contribution in [0, 0.1) is 17.1 Å². The third-order valence-electron chi connectivity index (χ3n) is 7.43. The molecular weight excluding hydrogens is 647 g/mol. The van der Waals surface area contributed by atoms with Gasteiger partial charge in [-0.1, -0.05) is 36.7 Å². The first kappa shape index (κ1) is 34.4. The van der Waals surface area contributed by atoms with Gasteiger partial charge in [0.05, 0.1) is 16.5 Å². The average Bonchev–Trinajstić information content (AvgIpc) is 3.40. The molecule has 3 amide bonds. The van der Waals surface area contributed by atoms with E-state index in [1.165, 1.54) is 43.5 Å². The van der Waals surface area contributed by atoms with Crippen molar-refractivity contribution in [2.45, 2.75) is 55.5 Å². The summed E-state index contributed by atoms with van der Waals surface area (Å²) in [6, 6.07) is 9.98. The van der Waals surface area contributed by atoms with Crippen LogP contribution in [0.1, 0.15) is 49.8 Å². The highest BCUT2D eigenvalue weighted by atomic mass is 35.5. The Labute approximate surface area is 268 Å². The van der Waals surface area contributed by atoms with Crippen LogP contribution in [0.2, 0.25) is 5.02 Å². The number of sulfone groups is 1. The van der Waals surface area contributed by atoms with E-state index in [1.54, 1.807) is 6.07 Å². The fourth-order valence-electron chi connectivity index (χ4n) is 5.03. The van der Waals surface area contributed by atoms with E-state index in [1.807, 2.05) is 6.07 Å². The Kier molecular flexibility index (Phi) is 10.4. The first-order valence-corrected chi connectivity index (χ1v) is 16.4. The number of rotatable bonds is 11. The van der Waals surface area contributed by atoms with Crippen molar-refractivity contribution in [1.29, 1.82) is 5.26 Å². The molecule has 0 bridgehead atoms. The lowest BCUT2D eigenvalue weighted by molar-refractivity contribution is -0.127. The summed E-state index contributed by atoms with van der Waals surface area (Å²) in [6.45, 7) is 0.785. The van der Waals surface area contributed by atoms with Gasteiger partial charge in [-0.2, -0.15) is 5.26 Å². The molecule has 1 aliphatic rings. The van der Waals surface area contributed by atoms with Gasteiger partial charge < -0.3 is 5.32 Å². The van der Waals surface area contributed by atoms with Gasteiger partial charge in [0, 0.05) is 54.5 Å². The summed E-state index contributed by atoms with van der Waals surface area (Å²) in [5, 5.41) is 11.8. The average molecular weight is 676 g/mol. The molecule has 0 unspecified atom stereocenters. The third kappa shape index (κ3) is 7.66. The van der Waals surface area contributed by atoms with Gasteiger partial charge in [0.25, 0.3) is 5.91 Å². The van der Waals surface area contributed by atoms with E-state index in [0.29, 0.717) is 0 Å². The van der Waals surface area contributed by atoms with Crippen molar-refractivity contribution >= 4 is 50.7 Å². The molecule has 242 valence electrons. The number of hydrogen-bond donors (Lipinski definition) is 1. The Morgan fingerprint density at radius 1 is 1.22 bits per heavy atom. The fourth-order valence-corrected chi connectivity index (χ4v) is 5.93. The van der Waals surface area contributed by atoms with Crippen molar-refractivity contribution in [3.05, 3.63) is 82.8 Å². The van der Waals surface area contributed by atoms with Crippen LogP contribution in [0.25, 0.3) is 0 Å². The molecule has 0 aliphatic carbocycles. The van der Waals surface area contributed by atoms with Crippen molar-refractivity contribution in [1.82, 2.24) is 10.3 Å². The van der Waals surface area contributed by atoms with Crippen LogP contribution in [-0.2, 0) is 24.2 Å². The number of hydrogen-bond acceptors (Lipinski definition) is 7. The molecule has 1 aromatic heterocycles. The van der Waals surface area contributed by atoms with Gasteiger partial charge in [0.1, 0.15) is 23.7 Å². The van der Waals surface area contributed by atoms with Crippen LogP contribution in [0.5, 0.6) is 0 Å². The first-order chi connectivity index (χ1) is 21.7. The molecule has 15 heteroatoms. The van der Waals surface area contributed by atoms with Crippen molar-refractivity contribution in [3.63, 3.8) is 0 Å². The number of amides is 3. The van der Waals surface area contributed by atoms with Crippen LogP contribution in [0.4, 0.5) is 24.7 Å². The zero-order chi connectivity index (χ0) is 33.8. The smallest absolute Gasteiger partial charge is 0.251 e. The van der Waals surface area contributed by atoms with Crippen molar-refractivity contribution < 1.29 is 36.0 Å². The lowest BCUT2D eigenvalue weighted by atomic mass is 10.0. The minimum Gasteiger partial charge on any atom is -0.354 e. The molecular formula is C31H29ClF3N5O5S. The zero-order valence-corrected chi connectivity index (χ0v) is 26.3. The molecule has 3 aromatic rings. The molecule has 1 fully saturated rings. The zero-order valence-electron chi connectivity index (χ0n) is 24.7. The van der Waals surface area contributed by atoms with Crippen molar-refractivity contribution in [2.75, 3.05) is 22.6 Å². The minimum absolute atomic E-state index is 0.0122. The number of pyridine rings is 1. The second-order valence-corrected chi connectivity index (χ2v) is 13.1. The van der Waals surface area contributed by atoms with Gasteiger partial charge in [0.2, 0.25) is 17.7 Å². The largest absolute Gasteiger partial charge is 0.354 e. The maximum Gasteiger partial charge on any atom is 0.251 e. The molecule has 0 radical (unpaired) electrons. The summed E-state index contributed by atoms with van der Waals surface area (Å²) in [6.07, 6.45) is 0.689. The van der Waals surface area contributed by atoms with E-state index in [2.05, 4.69) is 10.3 Å². The summed E-state index contributed by atoms with van der Waals surface area (Å²) in [7, 11) is -4.04. The Morgan fingerprint density at radius 3 is 2.59 bits per heavy atom. The van der Waals surface area contributed by atoms with Crippen LogP contribution >= 0.6 is 11.6 Å². The number of carbonyl (C=O) groups excluding carboxylic acids is 3. The van der Waals surface area contributed by atoms with E-state index in [4.69, 9.17) is 11.6 Å². The van der Waals surface area contributed by atoms with E-state index < -0.39 is 75.7 Å². The number of benzene rings is 2. The molecule has 2 aromatic carbocycles. The quantitative estimate of drug-likeness (QED) is 0.303. The van der Waals surface area contributed by atoms with Crippen LogP contribution < -0.4 is 15.1 Å². The first-order valence-electron chi connectivity index (χ1n) is 14.1. The van der Waals surface area contributed by atoms with E-state index in [0.717, 1.165) is 34.3 Å². The second-order valence-electron chi connectivity index (χ2n) is 10.6. The minimum atomic E-state index is -4.04. The van der Waals surface area contributed by atoms with E-state index in [9.17, 15) is 36.8 Å². The van der Waals surface area contributed by atoms with E-state index >= 15 is 4.39 Å². The molecule has 2 atom stereocenters. The number of halogens is 4. The van der Waals surface area contributed by atoms with Gasteiger partial charge in [0.15, 0.2) is 9.84 Å². The van der Waals surface area contributed by atoms with E-state index in [-0.39, 0.29) is 40.5 Å². The van der Waals surface area contributed by atoms with Gasteiger partial charge in [-0.25, -0.2) is 26.6 Å². The number of aromatic nitrogens is 1. The lowest BCUT2D eigenvalue weighted by Gasteiger charge is -2.35.